The Morgan fingerprint density at radius 1 is 0.935 bits per heavy atom. The van der Waals surface area contributed by atoms with E-state index in [-0.39, 0.29) is 22.6 Å². The van der Waals surface area contributed by atoms with Crippen LogP contribution in [0.2, 0.25) is 0 Å². The Labute approximate surface area is 178 Å². The first-order valence-electron chi connectivity index (χ1n) is 9.12. The van der Waals surface area contributed by atoms with Crippen LogP contribution in [0, 0.1) is 0 Å². The normalized spacial score (nSPS) is 12.9. The van der Waals surface area contributed by atoms with Crippen LogP contribution in [0.5, 0.6) is 17.4 Å². The van der Waals surface area contributed by atoms with E-state index in [1.54, 1.807) is 43.5 Å². The van der Waals surface area contributed by atoms with Crippen molar-refractivity contribution in [3.05, 3.63) is 77.5 Å². The first-order valence-corrected chi connectivity index (χ1v) is 10.6. The van der Waals surface area contributed by atoms with Crippen LogP contribution in [0.25, 0.3) is 0 Å². The summed E-state index contributed by atoms with van der Waals surface area (Å²) >= 11 is 0. The van der Waals surface area contributed by atoms with E-state index in [1.807, 2.05) is 0 Å². The van der Waals surface area contributed by atoms with E-state index in [4.69, 9.17) is 9.47 Å². The SMILES string of the molecule is COc1ccc(Oc2cc(CNS(=O)(=O)c3ccc4c(c3)C(=O)NC4=O)ccn2)cc1. The van der Waals surface area contributed by atoms with Gasteiger partial charge in [-0.05, 0) is 54.1 Å². The van der Waals surface area contributed by atoms with Gasteiger partial charge in [-0.15, -0.1) is 0 Å². The Kier molecular flexibility index (Phi) is 5.40. The second-order valence-corrected chi connectivity index (χ2v) is 8.36. The van der Waals surface area contributed by atoms with Crippen molar-refractivity contribution in [1.82, 2.24) is 15.0 Å². The van der Waals surface area contributed by atoms with Crippen LogP contribution in [-0.4, -0.2) is 32.3 Å². The maximum atomic E-state index is 12.6. The van der Waals surface area contributed by atoms with E-state index in [0.717, 1.165) is 0 Å². The molecule has 2 N–H and O–H groups in total. The molecule has 0 spiro atoms. The van der Waals surface area contributed by atoms with Gasteiger partial charge in [-0.1, -0.05) is 0 Å². The van der Waals surface area contributed by atoms with Crippen LogP contribution in [0.1, 0.15) is 26.3 Å². The number of rotatable bonds is 7. The molecule has 0 radical (unpaired) electrons. The van der Waals surface area contributed by atoms with Crippen molar-refractivity contribution >= 4 is 21.8 Å². The molecular formula is C21H17N3O6S. The first-order chi connectivity index (χ1) is 14.9. The van der Waals surface area contributed by atoms with Crippen molar-refractivity contribution in [2.24, 2.45) is 0 Å². The average molecular weight is 439 g/mol. The minimum Gasteiger partial charge on any atom is -0.497 e. The molecule has 2 aromatic carbocycles. The minimum absolute atomic E-state index is 0.0218. The smallest absolute Gasteiger partial charge is 0.258 e. The lowest BCUT2D eigenvalue weighted by Crippen LogP contribution is -2.23. The second kappa shape index (κ2) is 8.17. The number of nitrogens with one attached hydrogen (secondary N) is 2. The van der Waals surface area contributed by atoms with Gasteiger partial charge in [0.2, 0.25) is 15.9 Å². The number of sulfonamides is 1. The van der Waals surface area contributed by atoms with Gasteiger partial charge in [0.15, 0.2) is 0 Å². The van der Waals surface area contributed by atoms with Crippen LogP contribution in [0.3, 0.4) is 0 Å². The number of pyridine rings is 1. The zero-order chi connectivity index (χ0) is 22.0. The lowest BCUT2D eigenvalue weighted by Gasteiger charge is -2.09. The van der Waals surface area contributed by atoms with Gasteiger partial charge in [-0.3, -0.25) is 14.9 Å². The number of fused-ring (bicyclic) bond motifs is 1. The zero-order valence-corrected chi connectivity index (χ0v) is 17.1. The molecular weight excluding hydrogens is 422 g/mol. The fourth-order valence-electron chi connectivity index (χ4n) is 2.96. The summed E-state index contributed by atoms with van der Waals surface area (Å²) in [6.07, 6.45) is 1.51. The number of benzene rings is 2. The van der Waals surface area contributed by atoms with Crippen molar-refractivity contribution in [3.8, 4) is 17.4 Å². The highest BCUT2D eigenvalue weighted by atomic mass is 32.2. The number of ether oxygens (including phenoxy) is 2. The number of hydrogen-bond acceptors (Lipinski definition) is 7. The van der Waals surface area contributed by atoms with Crippen LogP contribution >= 0.6 is 0 Å². The highest BCUT2D eigenvalue weighted by molar-refractivity contribution is 7.89. The summed E-state index contributed by atoms with van der Waals surface area (Å²) in [4.78, 5) is 27.4. The maximum absolute atomic E-state index is 12.6. The molecule has 0 bridgehead atoms. The summed E-state index contributed by atoms with van der Waals surface area (Å²) in [5.74, 6) is 0.382. The second-order valence-electron chi connectivity index (χ2n) is 6.60. The number of aromatic nitrogens is 1. The molecule has 0 saturated carbocycles. The molecule has 2 heterocycles. The Morgan fingerprint density at radius 3 is 2.39 bits per heavy atom. The lowest BCUT2D eigenvalue weighted by atomic mass is 10.1. The monoisotopic (exact) mass is 439 g/mol. The van der Waals surface area contributed by atoms with Crippen LogP contribution in [0.15, 0.2) is 65.7 Å². The maximum Gasteiger partial charge on any atom is 0.258 e. The molecule has 158 valence electrons. The molecule has 0 saturated heterocycles. The van der Waals surface area contributed by atoms with E-state index in [2.05, 4.69) is 15.0 Å². The van der Waals surface area contributed by atoms with Gasteiger partial charge in [0.1, 0.15) is 11.5 Å². The van der Waals surface area contributed by atoms with Crippen LogP contribution in [-0.2, 0) is 16.6 Å². The summed E-state index contributed by atoms with van der Waals surface area (Å²) in [6.45, 7) is -0.0218. The average Bonchev–Trinajstić information content (AvgIpc) is 3.06. The Morgan fingerprint density at radius 2 is 1.65 bits per heavy atom. The van der Waals surface area contributed by atoms with Gasteiger partial charge in [0.05, 0.1) is 23.1 Å². The molecule has 10 heteroatoms. The number of nitrogens with zero attached hydrogens (tertiary/aromatic N) is 1. The molecule has 0 aliphatic carbocycles. The number of carbonyl (C=O) groups excluding carboxylic acids is 2. The van der Waals surface area contributed by atoms with Gasteiger partial charge >= 0.3 is 0 Å². The third-order valence-electron chi connectivity index (χ3n) is 4.57. The summed E-state index contributed by atoms with van der Waals surface area (Å²) in [5.41, 5.74) is 0.807. The standard InChI is InChI=1S/C21H17N3O6S/c1-29-14-2-4-15(5-3-14)30-19-10-13(8-9-22-19)12-23-31(27,28)16-6-7-17-18(11-16)21(26)24-20(17)25/h2-11,23H,12H2,1H3,(H,24,25,26). The van der Waals surface area contributed by atoms with Crippen molar-refractivity contribution in [2.75, 3.05) is 7.11 Å². The Bertz CT molecular complexity index is 1270. The number of amides is 2. The molecule has 1 aliphatic heterocycles. The minimum atomic E-state index is -3.92. The van der Waals surface area contributed by atoms with E-state index < -0.39 is 21.8 Å². The quantitative estimate of drug-likeness (QED) is 0.541. The highest BCUT2D eigenvalue weighted by Crippen LogP contribution is 2.23. The van der Waals surface area contributed by atoms with E-state index in [1.165, 1.54) is 24.4 Å². The van der Waals surface area contributed by atoms with E-state index in [9.17, 15) is 18.0 Å². The zero-order valence-electron chi connectivity index (χ0n) is 16.3. The lowest BCUT2D eigenvalue weighted by molar-refractivity contribution is 0.0879. The fraction of sp³-hybridized carbons (Fsp3) is 0.0952. The van der Waals surface area contributed by atoms with Crippen molar-refractivity contribution in [2.45, 2.75) is 11.4 Å². The van der Waals surface area contributed by atoms with Gasteiger partial charge in [-0.2, -0.15) is 0 Å². The van der Waals surface area contributed by atoms with Gasteiger partial charge in [0, 0.05) is 18.8 Å². The molecule has 2 amide bonds. The fourth-order valence-corrected chi connectivity index (χ4v) is 4.00. The molecule has 9 nitrogen and oxygen atoms in total. The largest absolute Gasteiger partial charge is 0.497 e. The molecule has 1 aliphatic rings. The summed E-state index contributed by atoms with van der Waals surface area (Å²) in [6, 6.07) is 14.0. The Balaban J connectivity index is 1.46. The van der Waals surface area contributed by atoms with Crippen LogP contribution in [0.4, 0.5) is 0 Å². The first kappa shape index (κ1) is 20.5. The third kappa shape index (κ3) is 4.39. The number of carbonyl (C=O) groups is 2. The molecule has 0 atom stereocenters. The topological polar surface area (TPSA) is 124 Å². The predicted octanol–water partition coefficient (Wildman–Crippen LogP) is 2.24. The number of hydrogen-bond donors (Lipinski definition) is 2. The summed E-state index contributed by atoms with van der Waals surface area (Å²) in [7, 11) is -2.35. The van der Waals surface area contributed by atoms with Crippen molar-refractivity contribution in [3.63, 3.8) is 0 Å². The molecule has 0 fully saturated rings. The van der Waals surface area contributed by atoms with E-state index >= 15 is 0 Å². The molecule has 31 heavy (non-hydrogen) atoms. The molecule has 4 rings (SSSR count). The van der Waals surface area contributed by atoms with Crippen molar-refractivity contribution < 1.29 is 27.5 Å². The molecule has 3 aromatic rings. The summed E-state index contributed by atoms with van der Waals surface area (Å²) < 4.78 is 38.5. The van der Waals surface area contributed by atoms with Gasteiger partial charge in [0.25, 0.3) is 11.8 Å². The number of methoxy groups -OCH3 is 1. The molecule has 1 aromatic heterocycles. The van der Waals surface area contributed by atoms with Gasteiger partial charge in [-0.25, -0.2) is 18.1 Å². The Hall–Kier alpha value is -3.76. The van der Waals surface area contributed by atoms with Crippen molar-refractivity contribution in [1.29, 1.82) is 0 Å². The summed E-state index contributed by atoms with van der Waals surface area (Å²) in [5, 5.41) is 2.13. The van der Waals surface area contributed by atoms with Gasteiger partial charge < -0.3 is 9.47 Å². The predicted molar refractivity (Wildman–Crippen MR) is 110 cm³/mol. The number of imide groups is 1. The van der Waals surface area contributed by atoms with Crippen LogP contribution < -0.4 is 19.5 Å². The molecule has 0 unspecified atom stereocenters. The highest BCUT2D eigenvalue weighted by Gasteiger charge is 2.28. The third-order valence-corrected chi connectivity index (χ3v) is 5.96. The van der Waals surface area contributed by atoms with E-state index in [0.29, 0.717) is 22.9 Å².